The van der Waals surface area contributed by atoms with Crippen LogP contribution in [0.1, 0.15) is 29.9 Å². The van der Waals surface area contributed by atoms with Gasteiger partial charge < -0.3 is 4.74 Å². The van der Waals surface area contributed by atoms with Gasteiger partial charge in [0.1, 0.15) is 11.4 Å². The van der Waals surface area contributed by atoms with E-state index in [4.69, 9.17) is 4.74 Å². The van der Waals surface area contributed by atoms with E-state index in [9.17, 15) is 9.59 Å². The molecule has 0 spiro atoms. The Morgan fingerprint density at radius 1 is 1.33 bits per heavy atom. The lowest BCUT2D eigenvalue weighted by atomic mass is 10.0. The second-order valence-corrected chi connectivity index (χ2v) is 5.97. The summed E-state index contributed by atoms with van der Waals surface area (Å²) in [6.45, 7) is 2.01. The average molecular weight is 370 g/mol. The first-order chi connectivity index (χ1) is 13.0. The molecule has 8 heteroatoms. The molecule has 0 saturated carbocycles. The summed E-state index contributed by atoms with van der Waals surface area (Å²) in [6.07, 6.45) is 3.05. The molecule has 3 rings (SSSR count). The van der Waals surface area contributed by atoms with Crippen molar-refractivity contribution in [2.45, 2.75) is 19.5 Å². The Kier molecular flexibility index (Phi) is 5.44. The number of benzene rings is 1. The quantitative estimate of drug-likeness (QED) is 0.621. The van der Waals surface area contributed by atoms with Gasteiger partial charge in [0.2, 0.25) is 5.43 Å². The molecule has 7 nitrogen and oxygen atoms in total. The van der Waals surface area contributed by atoms with Crippen LogP contribution in [0.2, 0.25) is 0 Å². The number of carbonyl (C=O) groups is 1. The minimum Gasteiger partial charge on any atom is -0.466 e. The van der Waals surface area contributed by atoms with Crippen molar-refractivity contribution < 1.29 is 13.9 Å². The maximum Gasteiger partial charge on any atom is 0.310 e. The predicted molar refractivity (Wildman–Crippen MR) is 96.3 cm³/mol. The monoisotopic (exact) mass is 370 g/mol. The molecule has 0 aliphatic rings. The molecule has 1 aromatic carbocycles. The molecule has 2 heterocycles. The van der Waals surface area contributed by atoms with E-state index in [1.165, 1.54) is 16.9 Å². The van der Waals surface area contributed by atoms with Gasteiger partial charge in [-0.05, 0) is 18.1 Å². The minimum absolute atomic E-state index is 0.0382. The van der Waals surface area contributed by atoms with Crippen LogP contribution in [0.15, 0.2) is 53.7 Å². The van der Waals surface area contributed by atoms with E-state index >= 15 is 4.39 Å². The highest BCUT2D eigenvalue weighted by atomic mass is 19.1. The van der Waals surface area contributed by atoms with Crippen LogP contribution < -0.4 is 5.43 Å². The second kappa shape index (κ2) is 7.94. The van der Waals surface area contributed by atoms with Crippen molar-refractivity contribution in [1.82, 2.24) is 19.6 Å². The van der Waals surface area contributed by atoms with Crippen LogP contribution in [0.4, 0.5) is 4.39 Å². The summed E-state index contributed by atoms with van der Waals surface area (Å²) in [7, 11) is 1.75. The third kappa shape index (κ3) is 4.28. The number of esters is 1. The van der Waals surface area contributed by atoms with Gasteiger partial charge >= 0.3 is 5.97 Å². The highest BCUT2D eigenvalue weighted by Crippen LogP contribution is 2.23. The zero-order valence-electron chi connectivity index (χ0n) is 15.0. The minimum atomic E-state index is -1.72. The molecule has 27 heavy (non-hydrogen) atoms. The maximum atomic E-state index is 15.1. The summed E-state index contributed by atoms with van der Waals surface area (Å²) in [5.74, 6) is -0.387. The van der Waals surface area contributed by atoms with E-state index in [0.29, 0.717) is 11.3 Å². The second-order valence-electron chi connectivity index (χ2n) is 5.97. The number of hydrogen-bond acceptors (Lipinski definition) is 5. The van der Waals surface area contributed by atoms with Crippen molar-refractivity contribution in [3.8, 4) is 5.69 Å². The van der Waals surface area contributed by atoms with E-state index in [1.54, 1.807) is 55.3 Å². The normalized spacial score (nSPS) is 12.0. The Hall–Kier alpha value is -3.29. The van der Waals surface area contributed by atoms with Crippen molar-refractivity contribution in [3.05, 3.63) is 76.0 Å². The molecule has 1 atom stereocenters. The summed E-state index contributed by atoms with van der Waals surface area (Å²) in [5, 5.41) is 8.18. The summed E-state index contributed by atoms with van der Waals surface area (Å²) in [6, 6.07) is 7.72. The van der Waals surface area contributed by atoms with E-state index < -0.39 is 11.6 Å². The fourth-order valence-corrected chi connectivity index (χ4v) is 2.67. The van der Waals surface area contributed by atoms with Crippen LogP contribution in [-0.4, -0.2) is 32.1 Å². The van der Waals surface area contributed by atoms with Crippen LogP contribution in [0.25, 0.3) is 5.69 Å². The van der Waals surface area contributed by atoms with Crippen LogP contribution in [0.5, 0.6) is 0 Å². The van der Waals surface area contributed by atoms with Crippen molar-refractivity contribution in [1.29, 1.82) is 0 Å². The highest BCUT2D eigenvalue weighted by Gasteiger charge is 2.20. The van der Waals surface area contributed by atoms with Gasteiger partial charge in [-0.3, -0.25) is 14.3 Å². The molecular weight excluding hydrogens is 351 g/mol. The number of rotatable bonds is 6. The molecule has 0 radical (unpaired) electrons. The standard InChI is InChI=1S/C19H19FN4O3/c1-3-27-17(26)10-13-5-4-6-14(9-13)18(20)19-16(25)7-8-24(22-19)15-11-21-23(2)12-15/h4-9,11-12,18H,3,10H2,1-2H3. The summed E-state index contributed by atoms with van der Waals surface area (Å²) < 4.78 is 23.0. The lowest BCUT2D eigenvalue weighted by Gasteiger charge is -2.11. The van der Waals surface area contributed by atoms with Crippen LogP contribution in [0.3, 0.4) is 0 Å². The van der Waals surface area contributed by atoms with E-state index in [0.717, 1.165) is 0 Å². The first kappa shape index (κ1) is 18.5. The van der Waals surface area contributed by atoms with Gasteiger partial charge in [0, 0.05) is 19.3 Å². The highest BCUT2D eigenvalue weighted by molar-refractivity contribution is 5.72. The fraction of sp³-hybridized carbons (Fsp3) is 0.263. The molecule has 0 bridgehead atoms. The Labute approximate surface area is 155 Å². The summed E-state index contributed by atoms with van der Waals surface area (Å²) in [4.78, 5) is 23.8. The predicted octanol–water partition coefficient (Wildman–Crippen LogP) is 2.13. The number of hydrogen-bond donors (Lipinski definition) is 0. The molecule has 0 amide bonds. The van der Waals surface area contributed by atoms with Crippen molar-refractivity contribution in [2.24, 2.45) is 7.05 Å². The molecule has 3 aromatic rings. The first-order valence-corrected chi connectivity index (χ1v) is 8.45. The molecule has 0 N–H and O–H groups in total. The van der Waals surface area contributed by atoms with E-state index in [1.807, 2.05) is 0 Å². The first-order valence-electron chi connectivity index (χ1n) is 8.45. The van der Waals surface area contributed by atoms with Crippen LogP contribution in [-0.2, 0) is 23.0 Å². The smallest absolute Gasteiger partial charge is 0.310 e. The van der Waals surface area contributed by atoms with Crippen LogP contribution >= 0.6 is 0 Å². The largest absolute Gasteiger partial charge is 0.466 e. The molecular formula is C19H19FN4O3. The topological polar surface area (TPSA) is 79.0 Å². The Morgan fingerprint density at radius 3 is 2.85 bits per heavy atom. The number of ether oxygens (including phenoxy) is 1. The van der Waals surface area contributed by atoms with Gasteiger partial charge in [-0.25, -0.2) is 9.07 Å². The van der Waals surface area contributed by atoms with Gasteiger partial charge in [0.05, 0.1) is 25.4 Å². The third-order valence-electron chi connectivity index (χ3n) is 3.93. The third-order valence-corrected chi connectivity index (χ3v) is 3.93. The van der Waals surface area contributed by atoms with E-state index in [2.05, 4.69) is 10.2 Å². The lowest BCUT2D eigenvalue weighted by molar-refractivity contribution is -0.142. The Bertz CT molecular complexity index is 1010. The van der Waals surface area contributed by atoms with E-state index in [-0.39, 0.29) is 30.3 Å². The van der Waals surface area contributed by atoms with Crippen molar-refractivity contribution >= 4 is 5.97 Å². The number of halogens is 1. The SMILES string of the molecule is CCOC(=O)Cc1cccc(C(F)c2nn(-c3cnn(C)c3)ccc2=O)c1. The number of alkyl halides is 1. The summed E-state index contributed by atoms with van der Waals surface area (Å²) >= 11 is 0. The number of carbonyl (C=O) groups excluding carboxylic acids is 1. The van der Waals surface area contributed by atoms with Crippen molar-refractivity contribution in [3.63, 3.8) is 0 Å². The van der Waals surface area contributed by atoms with Crippen LogP contribution in [0, 0.1) is 0 Å². The number of aromatic nitrogens is 4. The van der Waals surface area contributed by atoms with Crippen molar-refractivity contribution in [2.75, 3.05) is 6.61 Å². The molecule has 0 aliphatic carbocycles. The maximum absolute atomic E-state index is 15.1. The lowest BCUT2D eigenvalue weighted by Crippen LogP contribution is -2.18. The van der Waals surface area contributed by atoms with Gasteiger partial charge in [0.15, 0.2) is 6.17 Å². The zero-order valence-corrected chi connectivity index (χ0v) is 15.0. The zero-order chi connectivity index (χ0) is 19.4. The molecule has 1 unspecified atom stereocenters. The summed E-state index contributed by atoms with van der Waals surface area (Å²) in [5.41, 5.74) is 0.748. The molecule has 2 aromatic heterocycles. The van der Waals surface area contributed by atoms with Gasteiger partial charge in [-0.2, -0.15) is 10.2 Å². The van der Waals surface area contributed by atoms with Gasteiger partial charge in [-0.15, -0.1) is 0 Å². The Morgan fingerprint density at radius 2 is 2.15 bits per heavy atom. The molecule has 140 valence electrons. The molecule has 0 saturated heterocycles. The molecule has 0 aliphatic heterocycles. The average Bonchev–Trinajstić information content (AvgIpc) is 3.08. The fourth-order valence-electron chi connectivity index (χ4n) is 2.67. The van der Waals surface area contributed by atoms with Gasteiger partial charge in [0.25, 0.3) is 0 Å². The number of aryl methyl sites for hydroxylation is 1. The molecule has 0 fully saturated rings. The van der Waals surface area contributed by atoms with Gasteiger partial charge in [-0.1, -0.05) is 24.3 Å². The Balaban J connectivity index is 1.90. The number of nitrogens with zero attached hydrogens (tertiary/aromatic N) is 4.